The van der Waals surface area contributed by atoms with Crippen LogP contribution in [0.25, 0.3) is 10.9 Å². The maximum atomic E-state index is 12.7. The number of fused-ring (bicyclic) bond motifs is 1. The number of sulfone groups is 1. The third-order valence-corrected chi connectivity index (χ3v) is 5.45. The van der Waals surface area contributed by atoms with Gasteiger partial charge >= 0.3 is 11.6 Å². The number of hydrogen-bond acceptors (Lipinski definition) is 4. The number of aromatic amines is 1. The lowest BCUT2D eigenvalue weighted by atomic mass is 9.94. The second-order valence-electron chi connectivity index (χ2n) is 8.55. The van der Waals surface area contributed by atoms with Gasteiger partial charge in [-0.15, -0.1) is 0 Å². The summed E-state index contributed by atoms with van der Waals surface area (Å²) in [6, 6.07) is 4.54. The fourth-order valence-corrected chi connectivity index (χ4v) is 3.74. The van der Waals surface area contributed by atoms with Crippen molar-refractivity contribution >= 4 is 26.8 Å². The van der Waals surface area contributed by atoms with E-state index in [9.17, 15) is 26.4 Å². The number of alkyl carbamates (subject to hydrolysis) is 1. The topological polar surface area (TPSA) is 88.3 Å². The van der Waals surface area contributed by atoms with Gasteiger partial charge in [-0.3, -0.25) is 0 Å². The van der Waals surface area contributed by atoms with Crippen LogP contribution in [0, 0.1) is 0 Å². The van der Waals surface area contributed by atoms with E-state index in [4.69, 9.17) is 4.74 Å². The van der Waals surface area contributed by atoms with E-state index in [0.29, 0.717) is 17.3 Å². The molecule has 0 atom stereocenters. The second-order valence-corrected chi connectivity index (χ2v) is 10.5. The maximum absolute atomic E-state index is 12.7. The first kappa shape index (κ1) is 23.1. The minimum Gasteiger partial charge on any atom is -0.444 e. The molecule has 1 aromatic carbocycles. The number of alkyl halides is 3. The average Bonchev–Trinajstić information content (AvgIpc) is 2.86. The van der Waals surface area contributed by atoms with Crippen LogP contribution in [0.2, 0.25) is 0 Å². The number of para-hydroxylation sites is 1. The first-order valence-electron chi connectivity index (χ1n) is 8.89. The van der Waals surface area contributed by atoms with Gasteiger partial charge in [-0.25, -0.2) is 13.2 Å². The van der Waals surface area contributed by atoms with Crippen LogP contribution >= 0.6 is 0 Å². The first-order valence-corrected chi connectivity index (χ1v) is 10.5. The van der Waals surface area contributed by atoms with Gasteiger partial charge in [0.05, 0.1) is 5.75 Å². The highest BCUT2D eigenvalue weighted by Gasteiger charge is 2.45. The van der Waals surface area contributed by atoms with Gasteiger partial charge in [0.1, 0.15) is 5.60 Å². The number of H-pyrrole nitrogens is 1. The number of hydrogen-bond donors (Lipinski definition) is 2. The molecule has 2 aromatic rings. The minimum atomic E-state index is -5.32. The fraction of sp³-hybridized carbons (Fsp3) is 0.526. The number of amides is 1. The lowest BCUT2D eigenvalue weighted by molar-refractivity contribution is -0.0437. The monoisotopic (exact) mass is 434 g/mol. The van der Waals surface area contributed by atoms with Crippen molar-refractivity contribution in [2.24, 2.45) is 0 Å². The number of halogens is 3. The fourth-order valence-electron chi connectivity index (χ4n) is 2.93. The molecule has 0 spiro atoms. The number of rotatable bonds is 5. The van der Waals surface area contributed by atoms with Crippen LogP contribution < -0.4 is 5.32 Å². The van der Waals surface area contributed by atoms with Crippen LogP contribution in [0.5, 0.6) is 0 Å². The molecule has 1 amide bonds. The molecule has 0 aliphatic carbocycles. The molecule has 0 bridgehead atoms. The first-order chi connectivity index (χ1) is 13.0. The van der Waals surface area contributed by atoms with Gasteiger partial charge < -0.3 is 15.0 Å². The Bertz CT molecular complexity index is 1000. The molecule has 2 rings (SSSR count). The van der Waals surface area contributed by atoms with Gasteiger partial charge in [0.15, 0.2) is 0 Å². The maximum Gasteiger partial charge on any atom is 0.497 e. The number of nitrogens with one attached hydrogen (secondary N) is 2. The van der Waals surface area contributed by atoms with Crippen molar-refractivity contribution in [1.29, 1.82) is 0 Å². The zero-order chi connectivity index (χ0) is 22.3. The lowest BCUT2D eigenvalue weighted by Gasteiger charge is -2.28. The molecular weight excluding hydrogens is 409 g/mol. The summed E-state index contributed by atoms with van der Waals surface area (Å²) < 4.78 is 66.5. The summed E-state index contributed by atoms with van der Waals surface area (Å²) in [5.41, 5.74) is -5.60. The lowest BCUT2D eigenvalue weighted by Crippen LogP contribution is -2.47. The molecule has 0 aliphatic heterocycles. The number of ether oxygens (including phenoxy) is 1. The highest BCUT2D eigenvalue weighted by molar-refractivity contribution is 7.91. The third kappa shape index (κ3) is 5.88. The van der Waals surface area contributed by atoms with E-state index in [0.717, 1.165) is 5.56 Å². The zero-order valence-corrected chi connectivity index (χ0v) is 17.7. The number of carbonyl (C=O) groups is 1. The largest absolute Gasteiger partial charge is 0.497 e. The Morgan fingerprint density at radius 1 is 1.10 bits per heavy atom. The molecule has 10 heteroatoms. The number of aromatic nitrogens is 1. The van der Waals surface area contributed by atoms with Gasteiger partial charge in [-0.05, 0) is 52.2 Å². The van der Waals surface area contributed by atoms with E-state index in [2.05, 4.69) is 10.3 Å². The van der Waals surface area contributed by atoms with Crippen LogP contribution in [-0.4, -0.2) is 36.1 Å². The molecule has 162 valence electrons. The van der Waals surface area contributed by atoms with Crippen LogP contribution in [0.15, 0.2) is 24.4 Å². The van der Waals surface area contributed by atoms with Crippen molar-refractivity contribution < 1.29 is 31.1 Å². The van der Waals surface area contributed by atoms with E-state index in [1.807, 2.05) is 0 Å². The molecule has 0 radical (unpaired) electrons. The highest BCUT2D eigenvalue weighted by Crippen LogP contribution is 2.31. The van der Waals surface area contributed by atoms with Crippen molar-refractivity contribution in [2.75, 3.05) is 0 Å². The Balaban J connectivity index is 2.27. The van der Waals surface area contributed by atoms with Gasteiger partial charge in [-0.1, -0.05) is 18.2 Å². The Hall–Kier alpha value is -2.23. The molecule has 0 fully saturated rings. The average molecular weight is 434 g/mol. The predicted octanol–water partition coefficient (Wildman–Crippen LogP) is 4.45. The Morgan fingerprint density at radius 3 is 2.28 bits per heavy atom. The van der Waals surface area contributed by atoms with E-state index >= 15 is 0 Å². The van der Waals surface area contributed by atoms with Crippen LogP contribution in [-0.2, 0) is 26.7 Å². The van der Waals surface area contributed by atoms with Gasteiger partial charge in [-0.2, -0.15) is 13.2 Å². The molecule has 0 saturated carbocycles. The molecule has 0 unspecified atom stereocenters. The second kappa shape index (κ2) is 7.55. The molecule has 0 aliphatic rings. The van der Waals surface area contributed by atoms with Crippen molar-refractivity contribution in [2.45, 2.75) is 63.4 Å². The molecule has 29 heavy (non-hydrogen) atoms. The Labute approximate surface area is 167 Å². The molecule has 1 aromatic heterocycles. The quantitative estimate of drug-likeness (QED) is 0.728. The molecule has 6 nitrogen and oxygen atoms in total. The SMILES string of the molecule is CC(C)(Cc1c[nH]c2c(CS(=O)(=O)C(F)(F)F)cccc12)NC(=O)OC(C)(C)C. The molecule has 2 N–H and O–H groups in total. The summed E-state index contributed by atoms with van der Waals surface area (Å²) in [4.78, 5) is 14.9. The summed E-state index contributed by atoms with van der Waals surface area (Å²) in [7, 11) is -5.29. The summed E-state index contributed by atoms with van der Waals surface area (Å²) in [6.07, 6.45) is 1.37. The van der Waals surface area contributed by atoms with Crippen LogP contribution in [0.3, 0.4) is 0 Å². The Kier molecular flexibility index (Phi) is 6.00. The smallest absolute Gasteiger partial charge is 0.444 e. The summed E-state index contributed by atoms with van der Waals surface area (Å²) in [6.45, 7) is 8.81. The van der Waals surface area contributed by atoms with Crippen molar-refractivity contribution in [1.82, 2.24) is 10.3 Å². The molecule has 1 heterocycles. The highest BCUT2D eigenvalue weighted by atomic mass is 32.2. The standard InChI is InChI=1S/C19H25F3N2O4S/c1-17(2,3)28-16(25)24-18(4,5)9-13-10-23-15-12(7-6-8-14(13)15)11-29(26,27)19(20,21)22/h6-8,10,23H,9,11H2,1-5H3,(H,24,25). The van der Waals surface area contributed by atoms with E-state index in [1.165, 1.54) is 12.1 Å². The van der Waals surface area contributed by atoms with Gasteiger partial charge in [0.25, 0.3) is 9.84 Å². The minimum absolute atomic E-state index is 0.0315. The van der Waals surface area contributed by atoms with Crippen molar-refractivity contribution in [3.05, 3.63) is 35.5 Å². The Morgan fingerprint density at radius 2 is 1.72 bits per heavy atom. The summed E-state index contributed by atoms with van der Waals surface area (Å²) in [5, 5.41) is 3.37. The van der Waals surface area contributed by atoms with E-state index < -0.39 is 38.3 Å². The van der Waals surface area contributed by atoms with Gasteiger partial charge in [0, 0.05) is 22.6 Å². The van der Waals surface area contributed by atoms with Crippen LogP contribution in [0.1, 0.15) is 45.7 Å². The van der Waals surface area contributed by atoms with Gasteiger partial charge in [0.2, 0.25) is 0 Å². The summed E-state index contributed by atoms with van der Waals surface area (Å²) in [5.74, 6) is -1.15. The third-order valence-electron chi connectivity index (χ3n) is 4.06. The van der Waals surface area contributed by atoms with Crippen LogP contribution in [0.4, 0.5) is 18.0 Å². The number of benzene rings is 1. The normalized spacial score (nSPS) is 13.5. The number of carbonyl (C=O) groups excluding carboxylic acids is 1. The summed E-state index contributed by atoms with van der Waals surface area (Å²) >= 11 is 0. The van der Waals surface area contributed by atoms with E-state index in [-0.39, 0.29) is 5.56 Å². The zero-order valence-electron chi connectivity index (χ0n) is 16.9. The van der Waals surface area contributed by atoms with Crippen molar-refractivity contribution in [3.8, 4) is 0 Å². The molecular formula is C19H25F3N2O4S. The predicted molar refractivity (Wildman–Crippen MR) is 104 cm³/mol. The molecule has 0 saturated heterocycles. The van der Waals surface area contributed by atoms with Crippen molar-refractivity contribution in [3.63, 3.8) is 0 Å². The van der Waals surface area contributed by atoms with E-state index in [1.54, 1.807) is 46.9 Å².